The molecule has 0 unspecified atom stereocenters. The summed E-state index contributed by atoms with van der Waals surface area (Å²) in [5, 5.41) is 0. The molecule has 0 spiro atoms. The monoisotopic (exact) mass is 314 g/mol. The van der Waals surface area contributed by atoms with Crippen molar-refractivity contribution in [3.63, 3.8) is 0 Å². The molecule has 0 fully saturated rings. The van der Waals surface area contributed by atoms with Crippen molar-refractivity contribution in [1.29, 1.82) is 0 Å². The highest BCUT2D eigenvalue weighted by Gasteiger charge is 2.02. The average molecular weight is 314 g/mol. The Bertz CT molecular complexity index is 534. The van der Waals surface area contributed by atoms with E-state index in [1.165, 1.54) is 49.0 Å². The van der Waals surface area contributed by atoms with Crippen LogP contribution in [-0.4, -0.2) is 16.2 Å². The van der Waals surface area contributed by atoms with Gasteiger partial charge in [-0.1, -0.05) is 51.2 Å². The Balaban J connectivity index is 1.82. The smallest absolute Gasteiger partial charge is 0.159 e. The fourth-order valence-corrected chi connectivity index (χ4v) is 2.89. The maximum Gasteiger partial charge on any atom is 0.159 e. The van der Waals surface area contributed by atoms with Gasteiger partial charge in [-0.2, -0.15) is 0 Å². The van der Waals surface area contributed by atoms with Crippen molar-refractivity contribution >= 4 is 11.8 Å². The minimum Gasteiger partial charge on any atom is -0.236 e. The van der Waals surface area contributed by atoms with Crippen molar-refractivity contribution in [2.24, 2.45) is 0 Å². The van der Waals surface area contributed by atoms with Crippen LogP contribution in [0.1, 0.15) is 51.0 Å². The van der Waals surface area contributed by atoms with Crippen LogP contribution in [-0.2, 0) is 6.42 Å². The van der Waals surface area contributed by atoms with Crippen molar-refractivity contribution in [2.45, 2.75) is 56.8 Å². The van der Waals surface area contributed by atoms with Gasteiger partial charge in [-0.05, 0) is 36.8 Å². The first-order chi connectivity index (χ1) is 10.8. The largest absolute Gasteiger partial charge is 0.236 e. The maximum atomic E-state index is 4.51. The van der Waals surface area contributed by atoms with Gasteiger partial charge in [-0.3, -0.25) is 0 Å². The number of hydrogen-bond donors (Lipinski definition) is 0. The second kappa shape index (κ2) is 9.62. The SMILES string of the molecule is CCCCCCCCc1cnc(-c2ccc(SC)cc2)nc1. The minimum absolute atomic E-state index is 0.819. The molecule has 0 aliphatic heterocycles. The first kappa shape index (κ1) is 17.0. The predicted molar refractivity (Wildman–Crippen MR) is 96.3 cm³/mol. The van der Waals surface area contributed by atoms with Crippen molar-refractivity contribution in [1.82, 2.24) is 9.97 Å². The molecule has 0 bridgehead atoms. The quantitative estimate of drug-likeness (QED) is 0.434. The van der Waals surface area contributed by atoms with Gasteiger partial charge in [0.15, 0.2) is 5.82 Å². The third kappa shape index (κ3) is 5.45. The highest BCUT2D eigenvalue weighted by molar-refractivity contribution is 7.98. The summed E-state index contributed by atoms with van der Waals surface area (Å²) in [7, 11) is 0. The summed E-state index contributed by atoms with van der Waals surface area (Å²) in [6, 6.07) is 8.42. The normalized spacial score (nSPS) is 10.8. The van der Waals surface area contributed by atoms with Crippen LogP contribution in [0.2, 0.25) is 0 Å². The van der Waals surface area contributed by atoms with Crippen molar-refractivity contribution < 1.29 is 0 Å². The maximum absolute atomic E-state index is 4.51. The zero-order valence-electron chi connectivity index (χ0n) is 13.7. The van der Waals surface area contributed by atoms with Crippen molar-refractivity contribution in [3.8, 4) is 11.4 Å². The summed E-state index contributed by atoms with van der Waals surface area (Å²) in [6.45, 7) is 2.26. The summed E-state index contributed by atoms with van der Waals surface area (Å²) in [5.41, 5.74) is 2.34. The zero-order chi connectivity index (χ0) is 15.6. The fraction of sp³-hybridized carbons (Fsp3) is 0.474. The van der Waals surface area contributed by atoms with E-state index in [9.17, 15) is 0 Å². The molecule has 2 aromatic rings. The molecule has 0 amide bonds. The number of thioether (sulfide) groups is 1. The summed E-state index contributed by atoms with van der Waals surface area (Å²) in [6.07, 6.45) is 15.1. The third-order valence-corrected chi connectivity index (χ3v) is 4.62. The van der Waals surface area contributed by atoms with Crippen LogP contribution in [0.5, 0.6) is 0 Å². The van der Waals surface area contributed by atoms with Crippen LogP contribution >= 0.6 is 11.8 Å². The minimum atomic E-state index is 0.819. The Morgan fingerprint density at radius 3 is 2.14 bits per heavy atom. The number of aromatic nitrogens is 2. The molecule has 22 heavy (non-hydrogen) atoms. The molecular formula is C19H26N2S. The van der Waals surface area contributed by atoms with Gasteiger partial charge in [0.05, 0.1) is 0 Å². The topological polar surface area (TPSA) is 25.8 Å². The van der Waals surface area contributed by atoms with Crippen molar-refractivity contribution in [2.75, 3.05) is 6.26 Å². The molecule has 0 aliphatic rings. The highest BCUT2D eigenvalue weighted by Crippen LogP contribution is 2.20. The van der Waals surface area contributed by atoms with Gasteiger partial charge in [0.1, 0.15) is 0 Å². The van der Waals surface area contributed by atoms with E-state index in [0.29, 0.717) is 0 Å². The van der Waals surface area contributed by atoms with Gasteiger partial charge >= 0.3 is 0 Å². The molecule has 1 heterocycles. The van der Waals surface area contributed by atoms with Crippen LogP contribution in [0.3, 0.4) is 0 Å². The standard InChI is InChI=1S/C19H26N2S/c1-3-4-5-6-7-8-9-16-14-20-19(21-15-16)17-10-12-18(22-2)13-11-17/h10-15H,3-9H2,1-2H3. The number of aryl methyl sites for hydroxylation is 1. The van der Waals surface area contributed by atoms with E-state index in [-0.39, 0.29) is 0 Å². The first-order valence-corrected chi connectivity index (χ1v) is 9.51. The van der Waals surface area contributed by atoms with Crippen LogP contribution in [0.4, 0.5) is 0 Å². The Kier molecular flexibility index (Phi) is 7.44. The summed E-state index contributed by atoms with van der Waals surface area (Å²) < 4.78 is 0. The van der Waals surface area contributed by atoms with Crippen LogP contribution < -0.4 is 0 Å². The zero-order valence-corrected chi connectivity index (χ0v) is 14.5. The number of unbranched alkanes of at least 4 members (excludes halogenated alkanes) is 5. The molecule has 0 aliphatic carbocycles. The lowest BCUT2D eigenvalue weighted by Gasteiger charge is -2.04. The molecular weight excluding hydrogens is 288 g/mol. The van der Waals surface area contributed by atoms with Crippen LogP contribution in [0.25, 0.3) is 11.4 Å². The van der Waals surface area contributed by atoms with Crippen molar-refractivity contribution in [3.05, 3.63) is 42.2 Å². The van der Waals surface area contributed by atoms with Crippen LogP contribution in [0.15, 0.2) is 41.6 Å². The molecule has 118 valence electrons. The van der Waals surface area contributed by atoms with E-state index < -0.39 is 0 Å². The molecule has 0 N–H and O–H groups in total. The molecule has 0 atom stereocenters. The molecule has 1 aromatic heterocycles. The third-order valence-electron chi connectivity index (χ3n) is 3.87. The number of nitrogens with zero attached hydrogens (tertiary/aromatic N) is 2. The number of benzene rings is 1. The van der Waals surface area contributed by atoms with Gasteiger partial charge in [0.2, 0.25) is 0 Å². The molecule has 0 saturated carbocycles. The lowest BCUT2D eigenvalue weighted by molar-refractivity contribution is 0.607. The van der Waals surface area contributed by atoms with Gasteiger partial charge in [0, 0.05) is 22.9 Å². The lowest BCUT2D eigenvalue weighted by atomic mass is 10.1. The van der Waals surface area contributed by atoms with E-state index in [0.717, 1.165) is 17.8 Å². The Morgan fingerprint density at radius 1 is 0.864 bits per heavy atom. The average Bonchev–Trinajstić information content (AvgIpc) is 2.59. The second-order valence-corrected chi connectivity index (χ2v) is 6.54. The predicted octanol–water partition coefficient (Wildman–Crippen LogP) is 5.77. The first-order valence-electron chi connectivity index (χ1n) is 8.29. The van der Waals surface area contributed by atoms with Gasteiger partial charge in [-0.25, -0.2) is 9.97 Å². The Morgan fingerprint density at radius 2 is 1.50 bits per heavy atom. The molecule has 0 saturated heterocycles. The van der Waals surface area contributed by atoms with E-state index in [4.69, 9.17) is 0 Å². The molecule has 0 radical (unpaired) electrons. The molecule has 2 nitrogen and oxygen atoms in total. The van der Waals surface area contributed by atoms with E-state index >= 15 is 0 Å². The molecule has 1 aromatic carbocycles. The second-order valence-electron chi connectivity index (χ2n) is 5.66. The lowest BCUT2D eigenvalue weighted by Crippen LogP contribution is -1.93. The van der Waals surface area contributed by atoms with Crippen LogP contribution in [0, 0.1) is 0 Å². The van der Waals surface area contributed by atoms with Gasteiger partial charge in [-0.15, -0.1) is 11.8 Å². The Labute approximate surface area is 138 Å². The summed E-state index contributed by atoms with van der Waals surface area (Å²) in [5.74, 6) is 0.819. The van der Waals surface area contributed by atoms with E-state index in [1.54, 1.807) is 11.8 Å². The van der Waals surface area contributed by atoms with E-state index in [2.05, 4.69) is 47.4 Å². The number of rotatable bonds is 9. The molecule has 2 rings (SSSR count). The Hall–Kier alpha value is -1.35. The summed E-state index contributed by atoms with van der Waals surface area (Å²) >= 11 is 1.75. The number of hydrogen-bond acceptors (Lipinski definition) is 3. The van der Waals surface area contributed by atoms with E-state index in [1.807, 2.05) is 12.4 Å². The summed E-state index contributed by atoms with van der Waals surface area (Å²) in [4.78, 5) is 10.3. The highest BCUT2D eigenvalue weighted by atomic mass is 32.2. The molecule has 3 heteroatoms. The van der Waals surface area contributed by atoms with Gasteiger partial charge < -0.3 is 0 Å². The van der Waals surface area contributed by atoms with Gasteiger partial charge in [0.25, 0.3) is 0 Å². The fourth-order valence-electron chi connectivity index (χ4n) is 2.48.